The molecule has 6 nitrogen and oxygen atoms in total. The van der Waals surface area contributed by atoms with Crippen molar-refractivity contribution < 1.29 is 19.1 Å². The van der Waals surface area contributed by atoms with Crippen LogP contribution in [-0.2, 0) is 19.1 Å². The molecule has 1 amide bonds. The minimum atomic E-state index is -0.137. The minimum absolute atomic E-state index is 0. The van der Waals surface area contributed by atoms with Crippen molar-refractivity contribution in [3.63, 3.8) is 0 Å². The lowest BCUT2D eigenvalue weighted by atomic mass is 9.92. The second kappa shape index (κ2) is 26.1. The van der Waals surface area contributed by atoms with Gasteiger partial charge in [0, 0.05) is 34.2 Å². The molecule has 0 aromatic heterocycles. The molecule has 0 atom stereocenters. The van der Waals surface area contributed by atoms with Crippen LogP contribution in [0.15, 0.2) is 0 Å². The Bertz CT molecular complexity index is 516. The van der Waals surface area contributed by atoms with Crippen LogP contribution in [0.2, 0.25) is 0 Å². The second-order valence-electron chi connectivity index (χ2n) is 14.1. The Hall–Kier alpha value is -1.14. The first-order valence-corrected chi connectivity index (χ1v) is 12.2. The summed E-state index contributed by atoms with van der Waals surface area (Å²) in [5, 5.41) is 0. The molecule has 0 aliphatic carbocycles. The summed E-state index contributed by atoms with van der Waals surface area (Å²) in [5.74, 6) is 0.0648. The maximum Gasteiger partial charge on any atom is 0.306 e. The molecule has 0 aromatic rings. The number of nitrogens with zero attached hydrogens (tertiary/aromatic N) is 2. The van der Waals surface area contributed by atoms with Crippen LogP contribution in [0, 0.1) is 21.7 Å². The number of carbonyl (C=O) groups excluding carboxylic acids is 2. The molecule has 0 aliphatic rings. The zero-order chi connectivity index (χ0) is 28.6. The average molecular weight is 555 g/mol. The van der Waals surface area contributed by atoms with E-state index < -0.39 is 0 Å². The van der Waals surface area contributed by atoms with Gasteiger partial charge in [-0.2, -0.15) is 0 Å². The molecule has 0 heterocycles. The van der Waals surface area contributed by atoms with Gasteiger partial charge in [-0.3, -0.25) is 9.59 Å². The molecule has 0 unspecified atom stereocenters. The van der Waals surface area contributed by atoms with Crippen LogP contribution in [0.5, 0.6) is 0 Å². The molecule has 6 heteroatoms. The van der Waals surface area contributed by atoms with Crippen molar-refractivity contribution in [2.24, 2.45) is 21.7 Å². The third-order valence-corrected chi connectivity index (χ3v) is 3.45. The van der Waals surface area contributed by atoms with E-state index >= 15 is 0 Å². The molecule has 0 aliphatic heterocycles. The van der Waals surface area contributed by atoms with Crippen molar-refractivity contribution >= 4 is 11.9 Å². The number of rotatable bonds is 4. The number of ether oxygens (including phenoxy) is 2. The number of carbonyl (C=O) groups is 2. The molecule has 240 valence electrons. The van der Waals surface area contributed by atoms with Gasteiger partial charge in [0.1, 0.15) is 0 Å². The van der Waals surface area contributed by atoms with Crippen molar-refractivity contribution in [2.45, 2.75) is 126 Å². The van der Waals surface area contributed by atoms with Gasteiger partial charge in [-0.1, -0.05) is 113 Å². The summed E-state index contributed by atoms with van der Waals surface area (Å²) in [6, 6.07) is 0. The Morgan fingerprint density at radius 1 is 0.579 bits per heavy atom. The Labute approximate surface area is 243 Å². The Morgan fingerprint density at radius 3 is 0.974 bits per heavy atom. The molecular weight excluding hydrogens is 476 g/mol. The molecule has 0 saturated carbocycles. The van der Waals surface area contributed by atoms with Gasteiger partial charge in [-0.05, 0) is 35.8 Å². The van der Waals surface area contributed by atoms with Crippen LogP contribution >= 0.6 is 0 Å². The van der Waals surface area contributed by atoms with E-state index in [4.69, 9.17) is 4.74 Å². The SMILES string of the molecule is C.C.C.C.CN(C)C(=O)CC(C)(C)C.CN(C)CC(C)(C)C.COC(=O)CC(C)(C)C.COCC(C)(C)C. The summed E-state index contributed by atoms with van der Waals surface area (Å²) < 4.78 is 9.39. The van der Waals surface area contributed by atoms with Crippen LogP contribution in [0.25, 0.3) is 0 Å². The van der Waals surface area contributed by atoms with Crippen LogP contribution in [0.1, 0.15) is 126 Å². The summed E-state index contributed by atoms with van der Waals surface area (Å²) in [5.41, 5.74) is 0.937. The van der Waals surface area contributed by atoms with Crippen LogP contribution in [-0.4, -0.2) is 77.2 Å². The highest BCUT2D eigenvalue weighted by molar-refractivity contribution is 5.76. The molecule has 0 bridgehead atoms. The van der Waals surface area contributed by atoms with Gasteiger partial charge in [0.25, 0.3) is 0 Å². The van der Waals surface area contributed by atoms with Crippen molar-refractivity contribution in [3.8, 4) is 0 Å². The summed E-state index contributed by atoms with van der Waals surface area (Å²) in [4.78, 5) is 25.5. The average Bonchev–Trinajstić information content (AvgIpc) is 2.49. The largest absolute Gasteiger partial charge is 0.469 e. The van der Waals surface area contributed by atoms with Crippen molar-refractivity contribution in [1.82, 2.24) is 9.80 Å². The van der Waals surface area contributed by atoms with E-state index in [9.17, 15) is 9.59 Å². The lowest BCUT2D eigenvalue weighted by Crippen LogP contribution is -2.26. The first kappa shape index (κ1) is 56.9. The molecule has 0 saturated heterocycles. The normalized spacial score (nSPS) is 10.5. The Kier molecular flexibility index (Phi) is 39.1. The lowest BCUT2D eigenvalue weighted by Gasteiger charge is -2.22. The molecule has 0 rings (SSSR count). The van der Waals surface area contributed by atoms with Gasteiger partial charge in [0.05, 0.1) is 20.1 Å². The van der Waals surface area contributed by atoms with Crippen molar-refractivity contribution in [2.75, 3.05) is 55.6 Å². The maximum atomic E-state index is 11.1. The number of amides is 1. The third kappa shape index (κ3) is 70.2. The van der Waals surface area contributed by atoms with Crippen LogP contribution in [0.3, 0.4) is 0 Å². The van der Waals surface area contributed by atoms with Crippen molar-refractivity contribution in [1.29, 1.82) is 0 Å². The van der Waals surface area contributed by atoms with Gasteiger partial charge in [-0.25, -0.2) is 0 Å². The van der Waals surface area contributed by atoms with Gasteiger partial charge in [-0.15, -0.1) is 0 Å². The van der Waals surface area contributed by atoms with E-state index in [0.29, 0.717) is 23.7 Å². The number of hydrogen-bond donors (Lipinski definition) is 0. The second-order valence-corrected chi connectivity index (χ2v) is 14.1. The number of hydrogen-bond acceptors (Lipinski definition) is 5. The Morgan fingerprint density at radius 2 is 0.921 bits per heavy atom. The molecule has 0 N–H and O–H groups in total. The monoisotopic (exact) mass is 555 g/mol. The van der Waals surface area contributed by atoms with E-state index in [1.54, 1.807) is 26.1 Å². The predicted molar refractivity (Wildman–Crippen MR) is 175 cm³/mol. The maximum absolute atomic E-state index is 11.1. The molecule has 0 spiro atoms. The summed E-state index contributed by atoms with van der Waals surface area (Å²) >= 11 is 0. The summed E-state index contributed by atoms with van der Waals surface area (Å²) in [6.45, 7) is 27.4. The fourth-order valence-electron chi connectivity index (χ4n) is 2.50. The highest BCUT2D eigenvalue weighted by atomic mass is 16.5. The van der Waals surface area contributed by atoms with Gasteiger partial charge in [0.15, 0.2) is 0 Å². The van der Waals surface area contributed by atoms with E-state index in [1.807, 2.05) is 20.8 Å². The van der Waals surface area contributed by atoms with E-state index in [1.165, 1.54) is 7.11 Å². The van der Waals surface area contributed by atoms with Crippen LogP contribution in [0.4, 0.5) is 0 Å². The number of methoxy groups -OCH3 is 2. The molecule has 38 heavy (non-hydrogen) atoms. The fourth-order valence-corrected chi connectivity index (χ4v) is 2.50. The molecular formula is C32H78N2O4. The van der Waals surface area contributed by atoms with E-state index in [0.717, 1.165) is 13.2 Å². The molecule has 0 fully saturated rings. The first-order valence-electron chi connectivity index (χ1n) is 12.2. The van der Waals surface area contributed by atoms with E-state index in [2.05, 4.69) is 86.0 Å². The Balaban J connectivity index is -0.0000000512. The standard InChI is InChI=1S/C8H17NO.C7H17N.C7H14O2.C6H14O.4CH4/c1-8(2,3)6-7(10)9(4)5;1-7(2,3)6-8(4)5;1-7(2,3)5-6(8)9-4;1-6(2,3)5-7-4;;;;/h6H2,1-5H3;6H2,1-5H3;5H2,1-4H3;5H2,1-4H3;4*1H4. The topological polar surface area (TPSA) is 59.1 Å². The first-order chi connectivity index (χ1) is 14.8. The zero-order valence-electron chi connectivity index (χ0n) is 26.4. The highest BCUT2D eigenvalue weighted by Gasteiger charge is 2.17. The minimum Gasteiger partial charge on any atom is -0.469 e. The van der Waals surface area contributed by atoms with Gasteiger partial charge < -0.3 is 19.3 Å². The van der Waals surface area contributed by atoms with Crippen LogP contribution < -0.4 is 0 Å². The van der Waals surface area contributed by atoms with Gasteiger partial charge in [0.2, 0.25) is 5.91 Å². The quantitative estimate of drug-likeness (QED) is 0.325. The number of esters is 1. The lowest BCUT2D eigenvalue weighted by molar-refractivity contribution is -0.142. The third-order valence-electron chi connectivity index (χ3n) is 3.45. The fraction of sp³-hybridized carbons (Fsp3) is 0.938. The summed E-state index contributed by atoms with van der Waals surface area (Å²) in [6.07, 6.45) is 1.11. The highest BCUT2D eigenvalue weighted by Crippen LogP contribution is 2.19. The smallest absolute Gasteiger partial charge is 0.306 e. The molecule has 0 aromatic carbocycles. The molecule has 0 radical (unpaired) electrons. The predicted octanol–water partition coefficient (Wildman–Crippen LogP) is 8.92. The summed E-state index contributed by atoms with van der Waals surface area (Å²) in [7, 11) is 10.9. The zero-order valence-corrected chi connectivity index (χ0v) is 26.4. The van der Waals surface area contributed by atoms with Crippen molar-refractivity contribution in [3.05, 3.63) is 0 Å². The van der Waals surface area contributed by atoms with E-state index in [-0.39, 0.29) is 52.4 Å². The van der Waals surface area contributed by atoms with Gasteiger partial charge >= 0.3 is 5.97 Å².